The van der Waals surface area contributed by atoms with Crippen molar-refractivity contribution in [3.05, 3.63) is 286 Å². The van der Waals surface area contributed by atoms with E-state index in [2.05, 4.69) is 155 Å². The molecule has 10 rings (SSSR count). The molecule has 0 aliphatic heterocycles. The third-order valence-electron chi connectivity index (χ3n) is 13.5. The number of nitrogens with one attached hydrogen (secondary N) is 5. The van der Waals surface area contributed by atoms with E-state index >= 15 is 0 Å². The summed E-state index contributed by atoms with van der Waals surface area (Å²) in [5.41, 5.74) is 12.3. The van der Waals surface area contributed by atoms with Gasteiger partial charge in [0.2, 0.25) is 0 Å². The first-order valence-corrected chi connectivity index (χ1v) is 34.9. The fourth-order valence-corrected chi connectivity index (χ4v) is 12.6. The van der Waals surface area contributed by atoms with Crippen LogP contribution < -0.4 is 61.2 Å². The number of anilines is 10. The van der Waals surface area contributed by atoms with Crippen LogP contribution in [-0.4, -0.2) is 55.2 Å². The van der Waals surface area contributed by atoms with Gasteiger partial charge in [-0.15, -0.1) is 0 Å². The second-order valence-corrected chi connectivity index (χ2v) is 28.5. The van der Waals surface area contributed by atoms with E-state index in [4.69, 9.17) is 33.4 Å². The second-order valence-electron chi connectivity index (χ2n) is 20.5. The number of hydrogen-bond acceptors (Lipinski definition) is 13. The zero-order valence-electron chi connectivity index (χ0n) is 51.9. The molecule has 97 heavy (non-hydrogen) atoms. The predicted molar refractivity (Wildman–Crippen MR) is 425 cm³/mol. The molecule has 0 amide bonds. The van der Waals surface area contributed by atoms with Crippen LogP contribution in [0.4, 0.5) is 62.6 Å². The summed E-state index contributed by atoms with van der Waals surface area (Å²) in [6.45, 7) is 9.81. The van der Waals surface area contributed by atoms with E-state index in [0.717, 1.165) is 84.6 Å². The van der Waals surface area contributed by atoms with Gasteiger partial charge in [0.05, 0.1) is 55.9 Å². The Balaban J connectivity index is 0.000000219. The molecule has 0 atom stereocenters. The van der Waals surface area contributed by atoms with E-state index in [1.54, 1.807) is 54.6 Å². The normalized spacial score (nSPS) is 10.1. The zero-order chi connectivity index (χ0) is 70.7. The van der Waals surface area contributed by atoms with Gasteiger partial charge in [-0.1, -0.05) is 51.3 Å². The first-order chi connectivity index (χ1) is 45.4. The Morgan fingerprint density at radius 3 is 1.04 bits per heavy atom. The Labute approximate surface area is 667 Å². The number of nitro groups is 1. The van der Waals surface area contributed by atoms with Gasteiger partial charge in [-0.3, -0.25) is 10.1 Å². The molecule has 0 aromatic heterocycles. The van der Waals surface area contributed by atoms with Crippen molar-refractivity contribution in [2.75, 3.05) is 26.6 Å². The van der Waals surface area contributed by atoms with Gasteiger partial charge in [-0.2, -0.15) is 0 Å². The molecule has 27 heteroatoms. The minimum absolute atomic E-state index is 0. The Morgan fingerprint density at radius 1 is 0.371 bits per heavy atom. The molecule has 0 radical (unpaired) electrons. The number of rotatable bonds is 16. The Morgan fingerprint density at radius 2 is 0.670 bits per heavy atom. The standard InChI is InChI=1S/C14H11BrINO2.2C14H11ClINO2.C14H11IN2O4.C14H12INO2.Na/c2*1-8-6-10(16)3-5-12(8)17-13-4-2-9(15)7-11(13)14(18)19;1-8-6-10(16)3-5-12(8)17-13-7-9(15)2-4-11(13)14(18)19;1-8-6-9(15)2-4-12(8)16-13-5-3-10(17(20)21)7-11(13)14(18)19;1-9-8-10(15)6-7-12(9)16-13-5-3-2-4-11(13)14(17)18;/h3*2-7,17H,1H3,(H,18,19);2-7,16H,1H3,(H,18,19);2-8,16H,1H3,(H,17,18);/q;;;;;+1/p-1. The molecule has 0 saturated carbocycles. The van der Waals surface area contributed by atoms with Gasteiger partial charge in [-0.25, -0.2) is 19.2 Å². The summed E-state index contributed by atoms with van der Waals surface area (Å²) >= 11 is 26.1. The Bertz CT molecular complexity index is 4480. The zero-order valence-corrected chi connectivity index (χ0v) is 67.8. The number of nitro benzene ring substituents is 1. The number of aryl methyl sites for hydroxylation is 5. The smallest absolute Gasteiger partial charge is 0.545 e. The fraction of sp³-hybridized carbons (Fsp3) is 0.0714. The molecule has 10 aromatic rings. The molecular formula is C70H55BrCl2I5N6NaO12. The monoisotopic (exact) mass is 1980 g/mol. The SMILES string of the molecule is Cc1cc(I)ccc1Nc1cc(Cl)ccc1C(=O)O.Cc1cc(I)ccc1Nc1ccc(Br)cc1C(=O)O.Cc1cc(I)ccc1Nc1ccc(Cl)cc1C(=O)[O-].Cc1cc(I)ccc1Nc1ccc([N+](=O)[O-])cc1C(=O)O.Cc1cc(I)ccc1Nc1ccccc1C(=O)O.[Na+]. The quantitative estimate of drug-likeness (QED) is 0.0188. The van der Waals surface area contributed by atoms with Gasteiger partial charge < -0.3 is 56.9 Å². The molecule has 0 heterocycles. The van der Waals surface area contributed by atoms with Gasteiger partial charge in [0, 0.05) is 84.2 Å². The number of non-ortho nitro benzene ring substituents is 1. The average Bonchev–Trinajstić information content (AvgIpc) is 0.870. The molecule has 0 spiro atoms. The van der Waals surface area contributed by atoms with Crippen molar-refractivity contribution < 1.29 is 84.0 Å². The molecule has 0 unspecified atom stereocenters. The molecule has 0 saturated heterocycles. The number of para-hydroxylation sites is 1. The van der Waals surface area contributed by atoms with Gasteiger partial charge in [0.25, 0.3) is 5.69 Å². The van der Waals surface area contributed by atoms with Crippen LogP contribution in [0.2, 0.25) is 10.0 Å². The number of carboxylic acids is 5. The Hall–Kier alpha value is -6.34. The van der Waals surface area contributed by atoms with E-state index < -0.39 is 34.8 Å². The van der Waals surface area contributed by atoms with Crippen molar-refractivity contribution >= 4 is 244 Å². The van der Waals surface area contributed by atoms with E-state index in [0.29, 0.717) is 38.5 Å². The topological polar surface area (TPSA) is 293 Å². The molecular weight excluding hydrogens is 1930 g/mol. The van der Waals surface area contributed by atoms with Crippen molar-refractivity contribution in [3.63, 3.8) is 0 Å². The molecule has 0 bridgehead atoms. The number of benzene rings is 10. The van der Waals surface area contributed by atoms with Crippen LogP contribution in [-0.2, 0) is 0 Å². The summed E-state index contributed by atoms with van der Waals surface area (Å²) in [6, 6.07) is 54.5. The van der Waals surface area contributed by atoms with E-state index in [-0.39, 0.29) is 63.1 Å². The first kappa shape index (κ1) is 81.3. The van der Waals surface area contributed by atoms with E-state index in [1.807, 2.05) is 138 Å². The summed E-state index contributed by atoms with van der Waals surface area (Å²) in [5.74, 6) is -5.34. The number of hydrogen-bond donors (Lipinski definition) is 9. The number of halogens is 8. The summed E-state index contributed by atoms with van der Waals surface area (Å²) in [6.07, 6.45) is 0. The Kier molecular flexibility index (Phi) is 32.6. The molecule has 10 aromatic carbocycles. The van der Waals surface area contributed by atoms with Crippen LogP contribution in [0.3, 0.4) is 0 Å². The summed E-state index contributed by atoms with van der Waals surface area (Å²) < 4.78 is 6.37. The second kappa shape index (κ2) is 38.9. The van der Waals surface area contributed by atoms with Crippen molar-refractivity contribution in [2.24, 2.45) is 0 Å². The minimum Gasteiger partial charge on any atom is -0.545 e. The molecule has 9 N–H and O–H groups in total. The predicted octanol–water partition coefficient (Wildman–Crippen LogP) is 17.9. The number of carbonyl (C=O) groups is 5. The fourth-order valence-electron chi connectivity index (χ4n) is 8.68. The largest absolute Gasteiger partial charge is 1.00 e. The third-order valence-corrected chi connectivity index (χ3v) is 17.8. The molecule has 0 aliphatic rings. The molecule has 0 fully saturated rings. The van der Waals surface area contributed by atoms with Crippen LogP contribution >= 0.6 is 152 Å². The van der Waals surface area contributed by atoms with Crippen LogP contribution in [0.15, 0.2) is 193 Å². The number of carboxylic acid groups (broad SMARTS) is 5. The molecule has 18 nitrogen and oxygen atoms in total. The first-order valence-electron chi connectivity index (χ1n) is 27.9. The minimum atomic E-state index is -1.26. The average molecular weight is 1980 g/mol. The van der Waals surface area contributed by atoms with Crippen molar-refractivity contribution in [1.82, 2.24) is 0 Å². The van der Waals surface area contributed by atoms with Gasteiger partial charge in [0.1, 0.15) is 0 Å². The van der Waals surface area contributed by atoms with Gasteiger partial charge >= 0.3 is 53.4 Å². The summed E-state index contributed by atoms with van der Waals surface area (Å²) in [7, 11) is 0. The van der Waals surface area contributed by atoms with Gasteiger partial charge in [0.15, 0.2) is 0 Å². The van der Waals surface area contributed by atoms with Crippen molar-refractivity contribution in [3.8, 4) is 0 Å². The van der Waals surface area contributed by atoms with Crippen molar-refractivity contribution in [1.29, 1.82) is 0 Å². The number of nitrogens with zero attached hydrogens (tertiary/aromatic N) is 1. The van der Waals surface area contributed by atoms with Crippen LogP contribution in [0.25, 0.3) is 0 Å². The van der Waals surface area contributed by atoms with Crippen LogP contribution in [0.1, 0.15) is 79.6 Å². The maximum absolute atomic E-state index is 11.3. The number of carbonyl (C=O) groups excluding carboxylic acids is 1. The number of aromatic carboxylic acids is 5. The summed E-state index contributed by atoms with van der Waals surface area (Å²) in [5, 5.41) is 74.9. The van der Waals surface area contributed by atoms with Crippen molar-refractivity contribution in [2.45, 2.75) is 34.6 Å². The maximum atomic E-state index is 11.3. The summed E-state index contributed by atoms with van der Waals surface area (Å²) in [4.78, 5) is 66.0. The maximum Gasteiger partial charge on any atom is 1.00 e. The van der Waals surface area contributed by atoms with Crippen LogP contribution in [0, 0.1) is 62.6 Å². The van der Waals surface area contributed by atoms with E-state index in [1.165, 1.54) is 24.3 Å². The molecule has 0 aliphatic carbocycles. The van der Waals surface area contributed by atoms with Crippen LogP contribution in [0.5, 0.6) is 0 Å². The van der Waals surface area contributed by atoms with Gasteiger partial charge in [-0.05, 0) is 339 Å². The molecule has 494 valence electrons. The van der Waals surface area contributed by atoms with E-state index in [9.17, 15) is 49.4 Å². The third kappa shape index (κ3) is 25.1.